The van der Waals surface area contributed by atoms with Crippen molar-refractivity contribution in [3.05, 3.63) is 59.5 Å². The second-order valence-electron chi connectivity index (χ2n) is 5.91. The fourth-order valence-electron chi connectivity index (χ4n) is 2.78. The van der Waals surface area contributed by atoms with E-state index in [1.54, 1.807) is 39.6 Å². The molecule has 0 spiro atoms. The van der Waals surface area contributed by atoms with Crippen molar-refractivity contribution in [1.29, 1.82) is 0 Å². The lowest BCUT2D eigenvalue weighted by atomic mass is 10.1. The standard InChI is InChI=1S/C20H21N3O4/c1-13-18(19(27-23-13)15-5-4-9-21-12-15)20(24)22-10-8-14-6-7-16(25-2)17(11-14)26-3/h4-7,9,11-12H,8,10H2,1-3H3,(H,22,24). The minimum atomic E-state index is -0.229. The molecule has 0 aliphatic heterocycles. The first-order valence-corrected chi connectivity index (χ1v) is 8.49. The molecule has 0 radical (unpaired) electrons. The number of nitrogens with one attached hydrogen (secondary N) is 1. The van der Waals surface area contributed by atoms with Crippen LogP contribution in [0.2, 0.25) is 0 Å². The Balaban J connectivity index is 1.68. The highest BCUT2D eigenvalue weighted by molar-refractivity contribution is 6.00. The molecule has 0 bridgehead atoms. The Morgan fingerprint density at radius 3 is 2.70 bits per heavy atom. The molecule has 0 aliphatic rings. The smallest absolute Gasteiger partial charge is 0.257 e. The van der Waals surface area contributed by atoms with E-state index in [0.717, 1.165) is 5.56 Å². The Labute approximate surface area is 157 Å². The molecule has 0 atom stereocenters. The van der Waals surface area contributed by atoms with Crippen molar-refractivity contribution < 1.29 is 18.8 Å². The predicted octanol–water partition coefficient (Wildman–Crippen LogP) is 3.03. The second-order valence-corrected chi connectivity index (χ2v) is 5.91. The molecule has 2 aromatic heterocycles. The largest absolute Gasteiger partial charge is 0.493 e. The highest BCUT2D eigenvalue weighted by Gasteiger charge is 2.21. The molecule has 3 rings (SSSR count). The molecule has 140 valence electrons. The fourth-order valence-corrected chi connectivity index (χ4v) is 2.78. The third-order valence-electron chi connectivity index (χ3n) is 4.16. The van der Waals surface area contributed by atoms with Crippen molar-refractivity contribution in [3.63, 3.8) is 0 Å². The van der Waals surface area contributed by atoms with Gasteiger partial charge in [0.2, 0.25) is 0 Å². The number of carbonyl (C=O) groups is 1. The summed E-state index contributed by atoms with van der Waals surface area (Å²) < 4.78 is 15.9. The monoisotopic (exact) mass is 367 g/mol. The van der Waals surface area contributed by atoms with Gasteiger partial charge in [-0.05, 0) is 43.2 Å². The van der Waals surface area contributed by atoms with Gasteiger partial charge in [0.05, 0.1) is 19.9 Å². The average Bonchev–Trinajstić information content (AvgIpc) is 3.10. The SMILES string of the molecule is COc1ccc(CCNC(=O)c2c(C)noc2-c2cccnc2)cc1OC. The first-order chi connectivity index (χ1) is 13.1. The Kier molecular flexibility index (Phi) is 5.71. The van der Waals surface area contributed by atoms with Gasteiger partial charge in [-0.1, -0.05) is 11.2 Å². The number of amides is 1. The van der Waals surface area contributed by atoms with Gasteiger partial charge in [0.1, 0.15) is 5.56 Å². The first kappa shape index (κ1) is 18.4. The van der Waals surface area contributed by atoms with E-state index in [0.29, 0.717) is 47.0 Å². The molecule has 1 aromatic carbocycles. The number of rotatable bonds is 7. The van der Waals surface area contributed by atoms with E-state index in [1.807, 2.05) is 24.3 Å². The molecule has 2 heterocycles. The Bertz CT molecular complexity index is 922. The van der Waals surface area contributed by atoms with Crippen LogP contribution in [0.3, 0.4) is 0 Å². The molecule has 1 amide bonds. The van der Waals surface area contributed by atoms with Crippen LogP contribution in [0, 0.1) is 6.92 Å². The van der Waals surface area contributed by atoms with Crippen molar-refractivity contribution >= 4 is 5.91 Å². The molecule has 0 unspecified atom stereocenters. The van der Waals surface area contributed by atoms with Gasteiger partial charge in [0.15, 0.2) is 17.3 Å². The summed E-state index contributed by atoms with van der Waals surface area (Å²) in [5, 5.41) is 6.85. The summed E-state index contributed by atoms with van der Waals surface area (Å²) in [6.07, 6.45) is 3.95. The van der Waals surface area contributed by atoms with Gasteiger partial charge in [0.25, 0.3) is 5.91 Å². The molecule has 7 heteroatoms. The van der Waals surface area contributed by atoms with Crippen LogP contribution in [0.1, 0.15) is 21.6 Å². The van der Waals surface area contributed by atoms with Gasteiger partial charge in [-0.2, -0.15) is 0 Å². The van der Waals surface area contributed by atoms with E-state index in [2.05, 4.69) is 15.5 Å². The summed E-state index contributed by atoms with van der Waals surface area (Å²) in [7, 11) is 3.19. The summed E-state index contributed by atoms with van der Waals surface area (Å²) >= 11 is 0. The van der Waals surface area contributed by atoms with Crippen LogP contribution < -0.4 is 14.8 Å². The van der Waals surface area contributed by atoms with Gasteiger partial charge in [-0.15, -0.1) is 0 Å². The number of aryl methyl sites for hydroxylation is 1. The molecule has 0 saturated heterocycles. The number of pyridine rings is 1. The first-order valence-electron chi connectivity index (χ1n) is 8.49. The van der Waals surface area contributed by atoms with Crippen molar-refractivity contribution in [3.8, 4) is 22.8 Å². The second kappa shape index (κ2) is 8.35. The fraction of sp³-hybridized carbons (Fsp3) is 0.250. The van der Waals surface area contributed by atoms with E-state index in [9.17, 15) is 4.79 Å². The summed E-state index contributed by atoms with van der Waals surface area (Å²) in [5.41, 5.74) is 2.71. The number of carbonyl (C=O) groups excluding carboxylic acids is 1. The summed E-state index contributed by atoms with van der Waals surface area (Å²) in [4.78, 5) is 16.7. The quantitative estimate of drug-likeness (QED) is 0.691. The summed E-state index contributed by atoms with van der Waals surface area (Å²) in [6, 6.07) is 9.30. The molecule has 0 aliphatic carbocycles. The van der Waals surface area contributed by atoms with Gasteiger partial charge in [-0.25, -0.2) is 0 Å². The van der Waals surface area contributed by atoms with E-state index < -0.39 is 0 Å². The lowest BCUT2D eigenvalue weighted by Gasteiger charge is -2.10. The Hall–Kier alpha value is -3.35. The van der Waals surface area contributed by atoms with Crippen LogP contribution >= 0.6 is 0 Å². The molecule has 27 heavy (non-hydrogen) atoms. The summed E-state index contributed by atoms with van der Waals surface area (Å²) in [5.74, 6) is 1.53. The zero-order valence-electron chi connectivity index (χ0n) is 15.5. The van der Waals surface area contributed by atoms with E-state index >= 15 is 0 Å². The molecule has 0 saturated carbocycles. The molecule has 7 nitrogen and oxygen atoms in total. The number of hydrogen-bond donors (Lipinski definition) is 1. The molecule has 1 N–H and O–H groups in total. The number of benzene rings is 1. The van der Waals surface area contributed by atoms with E-state index in [1.165, 1.54) is 0 Å². The zero-order valence-corrected chi connectivity index (χ0v) is 15.5. The maximum Gasteiger partial charge on any atom is 0.257 e. The average molecular weight is 367 g/mol. The number of hydrogen-bond acceptors (Lipinski definition) is 6. The van der Waals surface area contributed by atoms with Crippen molar-refractivity contribution in [2.24, 2.45) is 0 Å². The van der Waals surface area contributed by atoms with Crippen LogP contribution in [0.4, 0.5) is 0 Å². The van der Waals surface area contributed by atoms with Crippen LogP contribution in [0.25, 0.3) is 11.3 Å². The maximum atomic E-state index is 12.7. The molecule has 3 aromatic rings. The van der Waals surface area contributed by atoms with Crippen LogP contribution in [-0.4, -0.2) is 36.8 Å². The van der Waals surface area contributed by atoms with Gasteiger partial charge < -0.3 is 19.3 Å². The van der Waals surface area contributed by atoms with Crippen molar-refractivity contribution in [2.45, 2.75) is 13.3 Å². The number of methoxy groups -OCH3 is 2. The zero-order chi connectivity index (χ0) is 19.2. The molecule has 0 fully saturated rings. The van der Waals surface area contributed by atoms with E-state index in [4.69, 9.17) is 14.0 Å². The normalized spacial score (nSPS) is 10.5. The van der Waals surface area contributed by atoms with Crippen molar-refractivity contribution in [1.82, 2.24) is 15.5 Å². The molecular formula is C20H21N3O4. The third kappa shape index (κ3) is 4.08. The highest BCUT2D eigenvalue weighted by Crippen LogP contribution is 2.28. The summed E-state index contributed by atoms with van der Waals surface area (Å²) in [6.45, 7) is 2.21. The minimum absolute atomic E-state index is 0.229. The van der Waals surface area contributed by atoms with Crippen LogP contribution in [0.15, 0.2) is 47.2 Å². The Morgan fingerprint density at radius 2 is 2.00 bits per heavy atom. The van der Waals surface area contributed by atoms with E-state index in [-0.39, 0.29) is 5.91 Å². The third-order valence-corrected chi connectivity index (χ3v) is 4.16. The van der Waals surface area contributed by atoms with Crippen LogP contribution in [-0.2, 0) is 6.42 Å². The number of aromatic nitrogens is 2. The van der Waals surface area contributed by atoms with Gasteiger partial charge in [-0.3, -0.25) is 9.78 Å². The lowest BCUT2D eigenvalue weighted by Crippen LogP contribution is -2.26. The lowest BCUT2D eigenvalue weighted by molar-refractivity contribution is 0.0954. The van der Waals surface area contributed by atoms with Crippen LogP contribution in [0.5, 0.6) is 11.5 Å². The minimum Gasteiger partial charge on any atom is -0.493 e. The van der Waals surface area contributed by atoms with Gasteiger partial charge >= 0.3 is 0 Å². The van der Waals surface area contributed by atoms with Gasteiger partial charge in [0, 0.05) is 24.5 Å². The highest BCUT2D eigenvalue weighted by atomic mass is 16.5. The number of ether oxygens (including phenoxy) is 2. The molecular weight excluding hydrogens is 346 g/mol. The van der Waals surface area contributed by atoms with Crippen molar-refractivity contribution in [2.75, 3.05) is 20.8 Å². The predicted molar refractivity (Wildman–Crippen MR) is 100 cm³/mol. The number of nitrogens with zero attached hydrogens (tertiary/aromatic N) is 2. The Morgan fingerprint density at radius 1 is 1.19 bits per heavy atom. The maximum absolute atomic E-state index is 12.7. The topological polar surface area (TPSA) is 86.5 Å².